The number of oxazole rings is 1. The molecule has 0 bridgehead atoms. The summed E-state index contributed by atoms with van der Waals surface area (Å²) >= 11 is 0. The Bertz CT molecular complexity index is 626. The fraction of sp³-hybridized carbons (Fsp3) is 0.167. The third-order valence-corrected chi connectivity index (χ3v) is 2.45. The second kappa shape index (κ2) is 3.93. The molecule has 0 radical (unpaired) electrons. The Hall–Kier alpha value is -2.30. The van der Waals surface area contributed by atoms with Crippen LogP contribution < -0.4 is 5.32 Å². The summed E-state index contributed by atoms with van der Waals surface area (Å²) in [7, 11) is 0. The molecular formula is C12H12N4O. The number of nitrogens with one attached hydrogen (secondary N) is 1. The van der Waals surface area contributed by atoms with Gasteiger partial charge in [-0.3, -0.25) is 0 Å². The van der Waals surface area contributed by atoms with Crippen LogP contribution in [0.3, 0.4) is 0 Å². The number of fused-ring (bicyclic) bond motifs is 1. The molecule has 0 aliphatic carbocycles. The van der Waals surface area contributed by atoms with Gasteiger partial charge in [0.25, 0.3) is 6.01 Å². The Morgan fingerprint density at radius 1 is 1.29 bits per heavy atom. The van der Waals surface area contributed by atoms with Crippen molar-refractivity contribution in [3.63, 3.8) is 0 Å². The van der Waals surface area contributed by atoms with E-state index in [0.29, 0.717) is 11.6 Å². The Morgan fingerprint density at radius 2 is 2.12 bits per heavy atom. The van der Waals surface area contributed by atoms with Crippen LogP contribution in [-0.4, -0.2) is 21.3 Å². The van der Waals surface area contributed by atoms with Crippen LogP contribution in [0.15, 0.2) is 40.9 Å². The molecule has 0 atom stereocenters. The highest BCUT2D eigenvalue weighted by Gasteiger charge is 2.11. The van der Waals surface area contributed by atoms with Crippen molar-refractivity contribution < 1.29 is 4.42 Å². The quantitative estimate of drug-likeness (QED) is 0.748. The summed E-state index contributed by atoms with van der Waals surface area (Å²) in [6.45, 7) is 2.78. The molecule has 17 heavy (non-hydrogen) atoms. The van der Waals surface area contributed by atoms with Crippen LogP contribution in [0.1, 0.15) is 6.92 Å². The SMILES string of the molecule is CCNc1nc2c(cnn2-c2ccccc2)o1. The van der Waals surface area contributed by atoms with Crippen molar-refractivity contribution in [2.75, 3.05) is 11.9 Å². The number of anilines is 1. The van der Waals surface area contributed by atoms with E-state index in [0.717, 1.165) is 17.9 Å². The average Bonchev–Trinajstić information content (AvgIpc) is 2.90. The highest BCUT2D eigenvalue weighted by molar-refractivity contribution is 5.72. The molecule has 3 aromatic rings. The summed E-state index contributed by atoms with van der Waals surface area (Å²) in [6.07, 6.45) is 1.68. The van der Waals surface area contributed by atoms with Crippen LogP contribution in [-0.2, 0) is 0 Å². The fourth-order valence-corrected chi connectivity index (χ4v) is 1.71. The van der Waals surface area contributed by atoms with E-state index in [9.17, 15) is 0 Å². The van der Waals surface area contributed by atoms with Gasteiger partial charge in [0.1, 0.15) is 0 Å². The molecule has 0 aliphatic rings. The third kappa shape index (κ3) is 1.65. The van der Waals surface area contributed by atoms with E-state index >= 15 is 0 Å². The first-order chi connectivity index (χ1) is 8.38. The van der Waals surface area contributed by atoms with Gasteiger partial charge in [-0.2, -0.15) is 10.1 Å². The zero-order chi connectivity index (χ0) is 11.7. The van der Waals surface area contributed by atoms with Gasteiger partial charge in [0, 0.05) is 6.54 Å². The van der Waals surface area contributed by atoms with Crippen molar-refractivity contribution in [3.8, 4) is 5.69 Å². The Morgan fingerprint density at radius 3 is 2.88 bits per heavy atom. The lowest BCUT2D eigenvalue weighted by molar-refractivity contribution is 0.615. The van der Waals surface area contributed by atoms with Crippen LogP contribution >= 0.6 is 0 Å². The summed E-state index contributed by atoms with van der Waals surface area (Å²) in [5.41, 5.74) is 2.39. The lowest BCUT2D eigenvalue weighted by atomic mass is 10.3. The predicted molar refractivity (Wildman–Crippen MR) is 65.3 cm³/mol. The van der Waals surface area contributed by atoms with Crippen LogP contribution in [0.25, 0.3) is 16.9 Å². The van der Waals surface area contributed by atoms with Crippen LogP contribution in [0.5, 0.6) is 0 Å². The van der Waals surface area contributed by atoms with Gasteiger partial charge in [-0.15, -0.1) is 0 Å². The maximum atomic E-state index is 5.51. The Balaban J connectivity index is 2.11. The Kier molecular flexibility index (Phi) is 2.29. The smallest absolute Gasteiger partial charge is 0.297 e. The number of aromatic nitrogens is 3. The summed E-state index contributed by atoms with van der Waals surface area (Å²) < 4.78 is 7.27. The van der Waals surface area contributed by atoms with Gasteiger partial charge in [-0.25, -0.2) is 4.68 Å². The van der Waals surface area contributed by atoms with Gasteiger partial charge in [0.2, 0.25) is 5.65 Å². The number of benzene rings is 1. The number of hydrogen-bond acceptors (Lipinski definition) is 4. The van der Waals surface area contributed by atoms with Gasteiger partial charge >= 0.3 is 0 Å². The fourth-order valence-electron chi connectivity index (χ4n) is 1.71. The van der Waals surface area contributed by atoms with Gasteiger partial charge in [-0.05, 0) is 19.1 Å². The maximum Gasteiger partial charge on any atom is 0.297 e. The van der Waals surface area contributed by atoms with Gasteiger partial charge in [0.05, 0.1) is 11.9 Å². The summed E-state index contributed by atoms with van der Waals surface area (Å²) in [4.78, 5) is 4.36. The number of rotatable bonds is 3. The van der Waals surface area contributed by atoms with Crippen LogP contribution in [0, 0.1) is 0 Å². The van der Waals surface area contributed by atoms with Crippen molar-refractivity contribution in [2.24, 2.45) is 0 Å². The molecule has 3 rings (SSSR count). The highest BCUT2D eigenvalue weighted by Crippen LogP contribution is 2.20. The molecule has 0 aliphatic heterocycles. The van der Waals surface area contributed by atoms with Crippen molar-refractivity contribution in [1.82, 2.24) is 14.8 Å². The maximum absolute atomic E-state index is 5.51. The lowest BCUT2D eigenvalue weighted by Gasteiger charge is -1.99. The minimum atomic E-state index is 0.532. The molecule has 0 unspecified atom stereocenters. The molecule has 0 saturated heterocycles. The lowest BCUT2D eigenvalue weighted by Crippen LogP contribution is -1.98. The largest absolute Gasteiger partial charge is 0.420 e. The normalized spacial score (nSPS) is 10.9. The molecule has 0 amide bonds. The predicted octanol–water partition coefficient (Wildman–Crippen LogP) is 2.45. The molecule has 0 saturated carbocycles. The van der Waals surface area contributed by atoms with E-state index in [2.05, 4.69) is 15.4 Å². The van der Waals surface area contributed by atoms with Crippen LogP contribution in [0.4, 0.5) is 6.01 Å². The highest BCUT2D eigenvalue weighted by atomic mass is 16.4. The number of nitrogens with zero attached hydrogens (tertiary/aromatic N) is 3. The van der Waals surface area contributed by atoms with Crippen molar-refractivity contribution in [3.05, 3.63) is 36.5 Å². The molecule has 5 nitrogen and oxygen atoms in total. The van der Waals surface area contributed by atoms with E-state index in [1.807, 2.05) is 37.3 Å². The van der Waals surface area contributed by atoms with Gasteiger partial charge in [-0.1, -0.05) is 18.2 Å². The molecule has 5 heteroatoms. The van der Waals surface area contributed by atoms with E-state index in [-0.39, 0.29) is 0 Å². The van der Waals surface area contributed by atoms with E-state index in [1.165, 1.54) is 0 Å². The number of para-hydroxylation sites is 1. The summed E-state index contributed by atoms with van der Waals surface area (Å²) in [5, 5.41) is 7.30. The molecule has 1 N–H and O–H groups in total. The zero-order valence-corrected chi connectivity index (χ0v) is 9.42. The summed E-state index contributed by atoms with van der Waals surface area (Å²) in [6, 6.07) is 10.4. The van der Waals surface area contributed by atoms with E-state index in [4.69, 9.17) is 4.42 Å². The topological polar surface area (TPSA) is 55.9 Å². The van der Waals surface area contributed by atoms with Crippen LogP contribution in [0.2, 0.25) is 0 Å². The van der Waals surface area contributed by atoms with E-state index < -0.39 is 0 Å². The van der Waals surface area contributed by atoms with Crippen molar-refractivity contribution in [2.45, 2.75) is 6.92 Å². The minimum absolute atomic E-state index is 0.532. The monoisotopic (exact) mass is 228 g/mol. The zero-order valence-electron chi connectivity index (χ0n) is 9.42. The summed E-state index contributed by atoms with van der Waals surface area (Å²) in [5.74, 6) is 0. The van der Waals surface area contributed by atoms with Gasteiger partial charge < -0.3 is 9.73 Å². The number of hydrogen-bond donors (Lipinski definition) is 1. The van der Waals surface area contributed by atoms with Crippen molar-refractivity contribution >= 4 is 17.2 Å². The first-order valence-electron chi connectivity index (χ1n) is 5.52. The Labute approximate surface area is 98.1 Å². The first-order valence-corrected chi connectivity index (χ1v) is 5.52. The standard InChI is InChI=1S/C12H12N4O/c1-2-13-12-15-11-10(17-12)8-14-16(11)9-6-4-3-5-7-9/h3-8H,2H2,1H3,(H,13,15). The molecule has 0 fully saturated rings. The van der Waals surface area contributed by atoms with Gasteiger partial charge in [0.15, 0.2) is 5.58 Å². The average molecular weight is 228 g/mol. The second-order valence-electron chi connectivity index (χ2n) is 3.63. The molecule has 0 spiro atoms. The molecule has 2 heterocycles. The molecular weight excluding hydrogens is 216 g/mol. The van der Waals surface area contributed by atoms with E-state index in [1.54, 1.807) is 10.9 Å². The molecule has 86 valence electrons. The second-order valence-corrected chi connectivity index (χ2v) is 3.63. The first kappa shape index (κ1) is 9.89. The third-order valence-electron chi connectivity index (χ3n) is 2.45. The molecule has 1 aromatic carbocycles. The minimum Gasteiger partial charge on any atom is -0.420 e. The molecule has 2 aromatic heterocycles. The van der Waals surface area contributed by atoms with Crippen molar-refractivity contribution in [1.29, 1.82) is 0 Å².